The molecule has 0 radical (unpaired) electrons. The number of hydrogen-bond donors (Lipinski definition) is 3. The lowest BCUT2D eigenvalue weighted by atomic mass is 9.98. The maximum atomic E-state index is 13.2. The maximum Gasteiger partial charge on any atom is 0.335 e. The highest BCUT2D eigenvalue weighted by Crippen LogP contribution is 2.27. The molecule has 0 aromatic carbocycles. The van der Waals surface area contributed by atoms with E-state index >= 15 is 0 Å². The molecule has 0 spiro atoms. The van der Waals surface area contributed by atoms with Crippen molar-refractivity contribution in [1.82, 2.24) is 0 Å². The van der Waals surface area contributed by atoms with Crippen LogP contribution in [0.3, 0.4) is 0 Å². The molecule has 0 saturated carbocycles. The summed E-state index contributed by atoms with van der Waals surface area (Å²) in [6.07, 6.45) is 65.0. The van der Waals surface area contributed by atoms with Crippen molar-refractivity contribution in [3.63, 3.8) is 0 Å². The Morgan fingerprint density at radius 2 is 0.759 bits per heavy atom. The lowest BCUT2D eigenvalue weighted by Crippen LogP contribution is -2.61. The zero-order chi connectivity index (χ0) is 60.3. The van der Waals surface area contributed by atoms with Crippen molar-refractivity contribution in [3.8, 4) is 0 Å². The number of ether oxygens (including phenoxy) is 5. The SMILES string of the molecule is CC/C=C\C/C=C\C/C=C\C/C=C\CCCCCCCCC(=O)OCC(COC1OC(C(=O)O)C(O)C(O)C1OC(=O)CCCCCCCCC/C=C\CCCCCCCC)OC(=O)CCCCCCCCC/C=C\C/C=C\C/C=C\CC. The quantitative estimate of drug-likeness (QED) is 0.0228. The third-order valence-electron chi connectivity index (χ3n) is 14.6. The van der Waals surface area contributed by atoms with Crippen LogP contribution in [-0.2, 0) is 42.9 Å². The summed E-state index contributed by atoms with van der Waals surface area (Å²) in [7, 11) is 0. The Hall–Kier alpha value is -4.36. The fourth-order valence-corrected chi connectivity index (χ4v) is 9.60. The first-order valence-corrected chi connectivity index (χ1v) is 33.2. The molecular weight excluding hydrogens is 1040 g/mol. The van der Waals surface area contributed by atoms with Crippen LogP contribution in [0.25, 0.3) is 0 Å². The number of aliphatic hydroxyl groups is 2. The molecule has 1 fully saturated rings. The van der Waals surface area contributed by atoms with Gasteiger partial charge in [0.1, 0.15) is 18.8 Å². The first kappa shape index (κ1) is 76.7. The molecule has 83 heavy (non-hydrogen) atoms. The van der Waals surface area contributed by atoms with Gasteiger partial charge >= 0.3 is 23.9 Å². The minimum Gasteiger partial charge on any atom is -0.479 e. The van der Waals surface area contributed by atoms with Gasteiger partial charge in [0.05, 0.1) is 6.61 Å². The molecule has 0 aromatic rings. The Morgan fingerprint density at radius 3 is 1.17 bits per heavy atom. The van der Waals surface area contributed by atoms with Gasteiger partial charge in [-0.15, -0.1) is 0 Å². The fourth-order valence-electron chi connectivity index (χ4n) is 9.60. The zero-order valence-corrected chi connectivity index (χ0v) is 52.4. The zero-order valence-electron chi connectivity index (χ0n) is 52.4. The molecule has 474 valence electrons. The van der Waals surface area contributed by atoms with E-state index in [1.807, 2.05) is 0 Å². The Kier molecular flexibility index (Phi) is 53.6. The molecule has 0 aliphatic carbocycles. The van der Waals surface area contributed by atoms with Crippen LogP contribution in [0.5, 0.6) is 0 Å². The van der Waals surface area contributed by atoms with Gasteiger partial charge in [0, 0.05) is 19.3 Å². The summed E-state index contributed by atoms with van der Waals surface area (Å²) >= 11 is 0. The largest absolute Gasteiger partial charge is 0.479 e. The molecule has 0 bridgehead atoms. The molecule has 12 heteroatoms. The first-order chi connectivity index (χ1) is 40.6. The van der Waals surface area contributed by atoms with E-state index in [1.165, 1.54) is 51.4 Å². The van der Waals surface area contributed by atoms with E-state index in [0.29, 0.717) is 19.3 Å². The summed E-state index contributed by atoms with van der Waals surface area (Å²) in [5.74, 6) is -3.15. The number of carboxylic acid groups (broad SMARTS) is 1. The van der Waals surface area contributed by atoms with Gasteiger partial charge in [-0.3, -0.25) is 14.4 Å². The van der Waals surface area contributed by atoms with Crippen LogP contribution in [0.4, 0.5) is 0 Å². The molecule has 1 saturated heterocycles. The number of allylic oxidation sites excluding steroid dienone is 16. The van der Waals surface area contributed by atoms with Crippen LogP contribution in [-0.4, -0.2) is 89.2 Å². The highest BCUT2D eigenvalue weighted by atomic mass is 16.7. The monoisotopic (exact) mass is 1160 g/mol. The lowest BCUT2D eigenvalue weighted by Gasteiger charge is -2.40. The lowest BCUT2D eigenvalue weighted by molar-refractivity contribution is -0.301. The molecule has 3 N–H and O–H groups in total. The Morgan fingerprint density at radius 1 is 0.410 bits per heavy atom. The molecular formula is C71H118O12. The van der Waals surface area contributed by atoms with E-state index in [2.05, 4.69) is 118 Å². The molecule has 1 aliphatic heterocycles. The molecule has 1 heterocycles. The van der Waals surface area contributed by atoms with E-state index in [9.17, 15) is 34.5 Å². The number of carbonyl (C=O) groups excluding carboxylic acids is 3. The topological polar surface area (TPSA) is 175 Å². The summed E-state index contributed by atoms with van der Waals surface area (Å²) in [6.45, 7) is 5.77. The normalized spacial score (nSPS) is 18.2. The molecule has 12 nitrogen and oxygen atoms in total. The fraction of sp³-hybridized carbons (Fsp3) is 0.718. The Labute approximate surface area is 504 Å². The summed E-state index contributed by atoms with van der Waals surface area (Å²) in [5, 5.41) is 31.6. The van der Waals surface area contributed by atoms with Gasteiger partial charge < -0.3 is 39.0 Å². The minimum atomic E-state index is -1.91. The van der Waals surface area contributed by atoms with Crippen molar-refractivity contribution in [2.75, 3.05) is 13.2 Å². The van der Waals surface area contributed by atoms with E-state index in [4.69, 9.17) is 23.7 Å². The van der Waals surface area contributed by atoms with E-state index in [1.54, 1.807) is 0 Å². The van der Waals surface area contributed by atoms with Crippen molar-refractivity contribution in [2.45, 2.75) is 314 Å². The third-order valence-corrected chi connectivity index (χ3v) is 14.6. The Bertz CT molecular complexity index is 1810. The number of hydrogen-bond acceptors (Lipinski definition) is 11. The van der Waals surface area contributed by atoms with Crippen molar-refractivity contribution in [2.24, 2.45) is 0 Å². The number of carboxylic acids is 1. The third kappa shape index (κ3) is 47.6. The molecule has 0 aromatic heterocycles. The van der Waals surface area contributed by atoms with Crippen molar-refractivity contribution < 1.29 is 58.2 Å². The summed E-state index contributed by atoms with van der Waals surface area (Å²) in [6, 6.07) is 0. The van der Waals surface area contributed by atoms with Crippen molar-refractivity contribution in [3.05, 3.63) is 97.2 Å². The highest BCUT2D eigenvalue weighted by Gasteiger charge is 2.50. The van der Waals surface area contributed by atoms with Crippen LogP contribution >= 0.6 is 0 Å². The van der Waals surface area contributed by atoms with E-state index < -0.39 is 67.3 Å². The summed E-state index contributed by atoms with van der Waals surface area (Å²) in [5.41, 5.74) is 0. The predicted molar refractivity (Wildman–Crippen MR) is 340 cm³/mol. The molecule has 6 atom stereocenters. The van der Waals surface area contributed by atoms with Crippen molar-refractivity contribution >= 4 is 23.9 Å². The average molecular weight is 1160 g/mol. The van der Waals surface area contributed by atoms with Crippen molar-refractivity contribution in [1.29, 1.82) is 0 Å². The summed E-state index contributed by atoms with van der Waals surface area (Å²) < 4.78 is 28.6. The van der Waals surface area contributed by atoms with Gasteiger partial charge in [-0.25, -0.2) is 4.79 Å². The van der Waals surface area contributed by atoms with Crippen LogP contribution in [0, 0.1) is 0 Å². The van der Waals surface area contributed by atoms with E-state index in [-0.39, 0.29) is 25.9 Å². The number of unbranched alkanes of at least 4 members (excludes halogenated alkanes) is 26. The predicted octanol–water partition coefficient (Wildman–Crippen LogP) is 18.0. The molecule has 1 aliphatic rings. The van der Waals surface area contributed by atoms with Crippen LogP contribution < -0.4 is 0 Å². The smallest absolute Gasteiger partial charge is 0.335 e. The highest BCUT2D eigenvalue weighted by molar-refractivity contribution is 5.74. The number of carbonyl (C=O) groups is 4. The van der Waals surface area contributed by atoms with Gasteiger partial charge in [0.25, 0.3) is 0 Å². The maximum absolute atomic E-state index is 13.2. The second kappa shape index (κ2) is 58.0. The first-order valence-electron chi connectivity index (χ1n) is 33.2. The van der Waals surface area contributed by atoms with Gasteiger partial charge in [0.15, 0.2) is 24.6 Å². The standard InChI is InChI=1S/C71H118O12/c1-4-7-10-13-16-19-22-25-28-31-32-35-36-39-42-45-48-51-54-57-63(72)79-60-62(81-64(73)58-55-52-49-46-43-40-37-33-29-26-23-20-17-14-11-8-5-2)61-80-71-69(67(76)66(75)68(83-71)70(77)78)82-65(74)59-56-53-50-47-44-41-38-34-30-27-24-21-18-15-12-9-6-3/h7-8,10-11,16-17,19-20,25-30,32,35,62,66-69,71,75-76H,4-6,9,12-15,18,21-24,31,33-34,36-61H2,1-3H3,(H,77,78)/b10-7-,11-8-,19-16-,20-17-,28-25-,29-26-,30-27-,35-32-. The van der Waals surface area contributed by atoms with Crippen LogP contribution in [0.1, 0.15) is 278 Å². The van der Waals surface area contributed by atoms with Crippen LogP contribution in [0.15, 0.2) is 97.2 Å². The molecule has 6 unspecified atom stereocenters. The minimum absolute atomic E-state index is 0.0500. The second-order valence-corrected chi connectivity index (χ2v) is 22.3. The van der Waals surface area contributed by atoms with Crippen LogP contribution in [0.2, 0.25) is 0 Å². The molecule has 0 amide bonds. The van der Waals surface area contributed by atoms with Gasteiger partial charge in [-0.1, -0.05) is 240 Å². The van der Waals surface area contributed by atoms with Gasteiger partial charge in [-0.2, -0.15) is 0 Å². The number of aliphatic carboxylic acids is 1. The second-order valence-electron chi connectivity index (χ2n) is 22.3. The van der Waals surface area contributed by atoms with E-state index in [0.717, 1.165) is 167 Å². The summed E-state index contributed by atoms with van der Waals surface area (Å²) in [4.78, 5) is 51.4. The number of esters is 3. The van der Waals surface area contributed by atoms with Gasteiger partial charge in [-0.05, 0) is 116 Å². The Balaban J connectivity index is 2.67. The van der Waals surface area contributed by atoms with Gasteiger partial charge in [0.2, 0.25) is 0 Å². The molecule has 1 rings (SSSR count). The number of aliphatic hydroxyl groups excluding tert-OH is 2. The average Bonchev–Trinajstić information content (AvgIpc) is 3.59. The number of rotatable bonds is 56.